The van der Waals surface area contributed by atoms with Crippen molar-refractivity contribution in [3.8, 4) is 23.1 Å². The SMILES string of the molecule is CC(C)COc1nc(-c2ccc(F)cc2)n(-c2ccc(NC(=O)C3CCC3)cc2)n1. The third-order valence-corrected chi connectivity index (χ3v) is 5.09. The van der Waals surface area contributed by atoms with Crippen molar-refractivity contribution in [1.29, 1.82) is 0 Å². The molecule has 1 aliphatic rings. The van der Waals surface area contributed by atoms with Gasteiger partial charge in [0.2, 0.25) is 5.91 Å². The monoisotopic (exact) mass is 408 g/mol. The lowest BCUT2D eigenvalue weighted by atomic mass is 9.85. The second kappa shape index (κ2) is 8.65. The molecule has 0 saturated heterocycles. The Morgan fingerprint density at radius 1 is 1.17 bits per heavy atom. The first-order valence-corrected chi connectivity index (χ1v) is 10.3. The minimum atomic E-state index is -0.312. The Balaban J connectivity index is 1.60. The average Bonchev–Trinajstić information content (AvgIpc) is 3.10. The summed E-state index contributed by atoms with van der Waals surface area (Å²) >= 11 is 0. The molecule has 0 aliphatic heterocycles. The number of nitrogens with zero attached hydrogens (tertiary/aromatic N) is 3. The van der Waals surface area contributed by atoms with Crippen LogP contribution < -0.4 is 10.1 Å². The number of benzene rings is 2. The normalized spacial score (nSPS) is 13.9. The van der Waals surface area contributed by atoms with Crippen molar-refractivity contribution in [2.45, 2.75) is 33.1 Å². The van der Waals surface area contributed by atoms with E-state index in [1.54, 1.807) is 16.8 Å². The van der Waals surface area contributed by atoms with Gasteiger partial charge in [-0.1, -0.05) is 20.3 Å². The number of aromatic nitrogens is 3. The van der Waals surface area contributed by atoms with Crippen molar-refractivity contribution in [3.05, 3.63) is 54.3 Å². The third-order valence-electron chi connectivity index (χ3n) is 5.09. The highest BCUT2D eigenvalue weighted by molar-refractivity contribution is 5.93. The van der Waals surface area contributed by atoms with Gasteiger partial charge in [-0.15, -0.1) is 5.10 Å². The molecule has 1 aliphatic carbocycles. The number of rotatable bonds is 7. The smallest absolute Gasteiger partial charge is 0.336 e. The predicted octanol–water partition coefficient (Wildman–Crippen LogP) is 4.85. The number of carbonyl (C=O) groups is 1. The molecule has 1 heterocycles. The van der Waals surface area contributed by atoms with Crippen LogP contribution in [0.3, 0.4) is 0 Å². The number of carbonyl (C=O) groups excluding carboxylic acids is 1. The molecule has 156 valence electrons. The standard InChI is InChI=1S/C23H25FN4O2/c1-15(2)14-30-23-26-21(16-6-8-18(24)9-7-16)28(27-23)20-12-10-19(11-13-20)25-22(29)17-4-3-5-17/h6-13,15,17H,3-5,14H2,1-2H3,(H,25,29). The number of nitrogens with one attached hydrogen (secondary N) is 1. The third kappa shape index (κ3) is 4.50. The van der Waals surface area contributed by atoms with Crippen molar-refractivity contribution < 1.29 is 13.9 Å². The summed E-state index contributed by atoms with van der Waals surface area (Å²) in [4.78, 5) is 16.7. The van der Waals surface area contributed by atoms with E-state index in [1.807, 2.05) is 24.3 Å². The Bertz CT molecular complexity index is 1010. The van der Waals surface area contributed by atoms with Crippen molar-refractivity contribution in [2.75, 3.05) is 11.9 Å². The summed E-state index contributed by atoms with van der Waals surface area (Å²) in [5, 5.41) is 7.46. The predicted molar refractivity (Wildman–Crippen MR) is 113 cm³/mol. The van der Waals surface area contributed by atoms with Crippen LogP contribution in [-0.2, 0) is 4.79 Å². The number of hydrogen-bond acceptors (Lipinski definition) is 4. The van der Waals surface area contributed by atoms with Gasteiger partial charge in [0.25, 0.3) is 0 Å². The van der Waals surface area contributed by atoms with E-state index in [-0.39, 0.29) is 23.7 Å². The van der Waals surface area contributed by atoms with Gasteiger partial charge >= 0.3 is 6.01 Å². The molecular formula is C23H25FN4O2. The van der Waals surface area contributed by atoms with E-state index in [2.05, 4.69) is 29.2 Å². The van der Waals surface area contributed by atoms with Crippen molar-refractivity contribution in [2.24, 2.45) is 11.8 Å². The Morgan fingerprint density at radius 2 is 1.87 bits per heavy atom. The number of ether oxygens (including phenoxy) is 1. The number of halogens is 1. The molecule has 1 fully saturated rings. The zero-order valence-electron chi connectivity index (χ0n) is 17.1. The minimum Gasteiger partial charge on any atom is -0.462 e. The number of anilines is 1. The maximum absolute atomic E-state index is 13.4. The van der Waals surface area contributed by atoms with Crippen molar-refractivity contribution >= 4 is 11.6 Å². The zero-order valence-corrected chi connectivity index (χ0v) is 17.1. The molecule has 0 unspecified atom stereocenters. The highest BCUT2D eigenvalue weighted by Gasteiger charge is 2.25. The van der Waals surface area contributed by atoms with E-state index in [0.717, 1.165) is 36.2 Å². The first kappa shape index (κ1) is 20.1. The molecule has 0 atom stereocenters. The van der Waals surface area contributed by atoms with Gasteiger partial charge < -0.3 is 10.1 Å². The highest BCUT2D eigenvalue weighted by Crippen LogP contribution is 2.28. The van der Waals surface area contributed by atoms with E-state index in [9.17, 15) is 9.18 Å². The van der Waals surface area contributed by atoms with Gasteiger partial charge in [-0.3, -0.25) is 4.79 Å². The summed E-state index contributed by atoms with van der Waals surface area (Å²) in [6, 6.07) is 13.8. The molecule has 6 nitrogen and oxygen atoms in total. The van der Waals surface area contributed by atoms with E-state index in [1.165, 1.54) is 12.1 Å². The molecule has 3 aromatic rings. The first-order chi connectivity index (χ1) is 14.5. The van der Waals surface area contributed by atoms with Gasteiger partial charge in [0.1, 0.15) is 5.82 Å². The number of hydrogen-bond donors (Lipinski definition) is 1. The van der Waals surface area contributed by atoms with Crippen LogP contribution >= 0.6 is 0 Å². The van der Waals surface area contributed by atoms with Crippen LogP contribution in [0.15, 0.2) is 48.5 Å². The van der Waals surface area contributed by atoms with Crippen LogP contribution in [0.25, 0.3) is 17.1 Å². The molecule has 0 radical (unpaired) electrons. The van der Waals surface area contributed by atoms with Gasteiger partial charge in [0, 0.05) is 17.2 Å². The van der Waals surface area contributed by atoms with Gasteiger partial charge in [0.15, 0.2) is 5.82 Å². The lowest BCUT2D eigenvalue weighted by molar-refractivity contribution is -0.122. The second-order valence-corrected chi connectivity index (χ2v) is 8.01. The van der Waals surface area contributed by atoms with Gasteiger partial charge in [-0.25, -0.2) is 9.07 Å². The maximum atomic E-state index is 13.4. The maximum Gasteiger partial charge on any atom is 0.336 e. The highest BCUT2D eigenvalue weighted by atomic mass is 19.1. The van der Waals surface area contributed by atoms with E-state index >= 15 is 0 Å². The van der Waals surface area contributed by atoms with Crippen molar-refractivity contribution in [3.63, 3.8) is 0 Å². The molecule has 7 heteroatoms. The molecule has 4 rings (SSSR count). The van der Waals surface area contributed by atoms with E-state index < -0.39 is 0 Å². The summed E-state index contributed by atoms with van der Waals surface area (Å²) in [6.45, 7) is 4.60. The topological polar surface area (TPSA) is 69.0 Å². The van der Waals surface area contributed by atoms with Crippen LogP contribution in [0.5, 0.6) is 6.01 Å². The largest absolute Gasteiger partial charge is 0.462 e. The van der Waals surface area contributed by atoms with E-state index in [0.29, 0.717) is 18.3 Å². The summed E-state index contributed by atoms with van der Waals surface area (Å²) in [5.41, 5.74) is 2.24. The summed E-state index contributed by atoms with van der Waals surface area (Å²) in [7, 11) is 0. The fraction of sp³-hybridized carbons (Fsp3) is 0.348. The molecule has 2 aromatic carbocycles. The Morgan fingerprint density at radius 3 is 2.47 bits per heavy atom. The quantitative estimate of drug-likeness (QED) is 0.607. The molecule has 30 heavy (non-hydrogen) atoms. The van der Waals surface area contributed by atoms with Crippen molar-refractivity contribution in [1.82, 2.24) is 14.8 Å². The fourth-order valence-corrected chi connectivity index (χ4v) is 3.16. The first-order valence-electron chi connectivity index (χ1n) is 10.3. The Kier molecular flexibility index (Phi) is 5.79. The summed E-state index contributed by atoms with van der Waals surface area (Å²) < 4.78 is 20.7. The lowest BCUT2D eigenvalue weighted by Crippen LogP contribution is -2.27. The van der Waals surface area contributed by atoms with Gasteiger partial charge in [-0.05, 0) is 67.3 Å². The molecule has 1 amide bonds. The second-order valence-electron chi connectivity index (χ2n) is 8.01. The van der Waals surface area contributed by atoms with Crippen LogP contribution in [0.2, 0.25) is 0 Å². The average molecular weight is 408 g/mol. The van der Waals surface area contributed by atoms with Crippen LogP contribution in [0, 0.1) is 17.7 Å². The summed E-state index contributed by atoms with van der Waals surface area (Å²) in [5.74, 6) is 0.786. The Labute approximate surface area is 175 Å². The van der Waals surface area contributed by atoms with Gasteiger partial charge in [-0.2, -0.15) is 4.98 Å². The number of amides is 1. The molecule has 1 N–H and O–H groups in total. The Hall–Kier alpha value is -3.22. The minimum absolute atomic E-state index is 0.0751. The van der Waals surface area contributed by atoms with Gasteiger partial charge in [0.05, 0.1) is 12.3 Å². The van der Waals surface area contributed by atoms with Crippen LogP contribution in [0.1, 0.15) is 33.1 Å². The molecule has 0 spiro atoms. The fourth-order valence-electron chi connectivity index (χ4n) is 3.16. The summed E-state index contributed by atoms with van der Waals surface area (Å²) in [6.07, 6.45) is 3.04. The lowest BCUT2D eigenvalue weighted by Gasteiger charge is -2.24. The van der Waals surface area contributed by atoms with E-state index in [4.69, 9.17) is 4.74 Å². The molecule has 0 bridgehead atoms. The molecule has 1 saturated carbocycles. The molecular weight excluding hydrogens is 383 g/mol. The molecule has 1 aromatic heterocycles. The van der Waals surface area contributed by atoms with Crippen LogP contribution in [-0.4, -0.2) is 27.3 Å². The van der Waals surface area contributed by atoms with Crippen LogP contribution in [0.4, 0.5) is 10.1 Å². The zero-order chi connectivity index (χ0) is 21.1.